The van der Waals surface area contributed by atoms with Gasteiger partial charge in [0, 0.05) is 19.3 Å². The highest BCUT2D eigenvalue weighted by atomic mass is 16.5. The molecule has 84 valence electrons. The molecule has 0 bridgehead atoms. The molecule has 2 unspecified atom stereocenters. The molecule has 2 atom stereocenters. The van der Waals surface area contributed by atoms with E-state index in [1.807, 2.05) is 13.2 Å². The topological polar surface area (TPSA) is 39.1 Å². The van der Waals surface area contributed by atoms with Gasteiger partial charge in [0.25, 0.3) is 0 Å². The van der Waals surface area contributed by atoms with E-state index in [1.54, 1.807) is 0 Å². The molecule has 1 fully saturated rings. The van der Waals surface area contributed by atoms with Crippen molar-refractivity contribution in [1.82, 2.24) is 15.1 Å². The monoisotopic (exact) mass is 209 g/mol. The Hall–Kier alpha value is -0.870. The Labute approximate surface area is 90.6 Å². The van der Waals surface area contributed by atoms with Crippen LogP contribution in [0.15, 0.2) is 12.4 Å². The van der Waals surface area contributed by atoms with Gasteiger partial charge in [-0.3, -0.25) is 4.68 Å². The maximum Gasteiger partial charge on any atom is 0.0774 e. The molecule has 0 spiro atoms. The van der Waals surface area contributed by atoms with Crippen LogP contribution in [0.5, 0.6) is 0 Å². The fourth-order valence-corrected chi connectivity index (χ4v) is 1.96. The van der Waals surface area contributed by atoms with Gasteiger partial charge in [-0.1, -0.05) is 6.92 Å². The maximum absolute atomic E-state index is 5.36. The zero-order valence-corrected chi connectivity index (χ0v) is 9.44. The molecule has 0 amide bonds. The summed E-state index contributed by atoms with van der Waals surface area (Å²) >= 11 is 0. The molecule has 1 aliphatic rings. The molecule has 0 aromatic carbocycles. The van der Waals surface area contributed by atoms with Crippen molar-refractivity contribution in [1.29, 1.82) is 0 Å². The van der Waals surface area contributed by atoms with Crippen molar-refractivity contribution < 1.29 is 4.74 Å². The quantitative estimate of drug-likeness (QED) is 0.809. The average Bonchev–Trinajstić information content (AvgIpc) is 2.89. The third kappa shape index (κ3) is 2.38. The fraction of sp³-hybridized carbons (Fsp3) is 0.727. The lowest BCUT2D eigenvalue weighted by Crippen LogP contribution is -2.14. The Morgan fingerprint density at radius 3 is 3.27 bits per heavy atom. The van der Waals surface area contributed by atoms with Crippen molar-refractivity contribution >= 4 is 0 Å². The van der Waals surface area contributed by atoms with E-state index in [1.165, 1.54) is 5.56 Å². The Balaban J connectivity index is 2.02. The van der Waals surface area contributed by atoms with Gasteiger partial charge in [0.15, 0.2) is 0 Å². The van der Waals surface area contributed by atoms with Gasteiger partial charge in [-0.05, 0) is 24.9 Å². The van der Waals surface area contributed by atoms with Gasteiger partial charge in [0.1, 0.15) is 0 Å². The van der Waals surface area contributed by atoms with E-state index < -0.39 is 0 Å². The summed E-state index contributed by atoms with van der Waals surface area (Å²) in [7, 11) is 1.98. The maximum atomic E-state index is 5.36. The predicted octanol–water partition coefficient (Wildman–Crippen LogP) is 1.17. The van der Waals surface area contributed by atoms with Crippen LogP contribution >= 0.6 is 0 Å². The first kappa shape index (κ1) is 10.6. The van der Waals surface area contributed by atoms with Crippen molar-refractivity contribution in [2.24, 2.45) is 0 Å². The van der Waals surface area contributed by atoms with E-state index in [0.29, 0.717) is 12.0 Å². The molecule has 2 heterocycles. The highest BCUT2D eigenvalue weighted by Crippen LogP contribution is 2.20. The molecule has 1 N–H and O–H groups in total. The molecular formula is C11H19N3O. The van der Waals surface area contributed by atoms with Crippen LogP contribution in [-0.4, -0.2) is 36.6 Å². The van der Waals surface area contributed by atoms with Crippen molar-refractivity contribution in [2.45, 2.75) is 25.3 Å². The van der Waals surface area contributed by atoms with Gasteiger partial charge < -0.3 is 10.1 Å². The Kier molecular flexibility index (Phi) is 3.38. The van der Waals surface area contributed by atoms with Gasteiger partial charge in [-0.25, -0.2) is 0 Å². The summed E-state index contributed by atoms with van der Waals surface area (Å²) in [6.45, 7) is 4.88. The highest BCUT2D eigenvalue weighted by Gasteiger charge is 2.19. The van der Waals surface area contributed by atoms with Crippen LogP contribution in [0.3, 0.4) is 0 Å². The van der Waals surface area contributed by atoms with E-state index in [-0.39, 0.29) is 0 Å². The zero-order chi connectivity index (χ0) is 10.7. The summed E-state index contributed by atoms with van der Waals surface area (Å²) in [6.07, 6.45) is 5.21. The van der Waals surface area contributed by atoms with E-state index in [0.717, 1.165) is 26.2 Å². The minimum atomic E-state index is 0.445. The molecule has 4 nitrogen and oxygen atoms in total. The summed E-state index contributed by atoms with van der Waals surface area (Å²) in [5.74, 6) is 0.520. The van der Waals surface area contributed by atoms with E-state index in [2.05, 4.69) is 28.2 Å². The number of ether oxygens (including phenoxy) is 1. The number of likely N-dealkylation sites (N-methyl/N-ethyl adjacent to an activating group) is 1. The molecule has 15 heavy (non-hydrogen) atoms. The van der Waals surface area contributed by atoms with Crippen LogP contribution in [-0.2, 0) is 4.74 Å². The van der Waals surface area contributed by atoms with Crippen molar-refractivity contribution in [3.8, 4) is 0 Å². The number of nitrogens with one attached hydrogen (secondary N) is 1. The molecule has 0 radical (unpaired) electrons. The molecule has 0 aliphatic carbocycles. The van der Waals surface area contributed by atoms with Gasteiger partial charge in [0.2, 0.25) is 0 Å². The van der Waals surface area contributed by atoms with Crippen LogP contribution in [0.25, 0.3) is 0 Å². The SMILES string of the molecule is CNCC(C)c1cnn(C2CCOC2)c1. The second kappa shape index (κ2) is 4.77. The first-order valence-electron chi connectivity index (χ1n) is 5.57. The van der Waals surface area contributed by atoms with Crippen molar-refractivity contribution in [3.05, 3.63) is 18.0 Å². The molecule has 4 heteroatoms. The molecule has 1 aromatic rings. The molecule has 1 aromatic heterocycles. The number of rotatable bonds is 4. The van der Waals surface area contributed by atoms with E-state index >= 15 is 0 Å². The van der Waals surface area contributed by atoms with Crippen LogP contribution in [0.1, 0.15) is 30.9 Å². The standard InChI is InChI=1S/C11H19N3O/c1-9(5-12-2)10-6-13-14(7-10)11-3-4-15-8-11/h6-7,9,11-12H,3-5,8H2,1-2H3. The molecule has 1 saturated heterocycles. The average molecular weight is 209 g/mol. The lowest BCUT2D eigenvalue weighted by molar-refractivity contribution is 0.184. The summed E-state index contributed by atoms with van der Waals surface area (Å²) in [5.41, 5.74) is 1.30. The van der Waals surface area contributed by atoms with Gasteiger partial charge in [-0.2, -0.15) is 5.10 Å². The van der Waals surface area contributed by atoms with Gasteiger partial charge in [-0.15, -0.1) is 0 Å². The van der Waals surface area contributed by atoms with Gasteiger partial charge >= 0.3 is 0 Å². The Morgan fingerprint density at radius 1 is 1.73 bits per heavy atom. The third-order valence-electron chi connectivity index (χ3n) is 2.98. The Bertz CT molecular complexity index is 305. The lowest BCUT2D eigenvalue weighted by Gasteiger charge is -2.09. The van der Waals surface area contributed by atoms with Crippen LogP contribution in [0.4, 0.5) is 0 Å². The van der Waals surface area contributed by atoms with E-state index in [4.69, 9.17) is 4.74 Å². The lowest BCUT2D eigenvalue weighted by atomic mass is 10.1. The first-order chi connectivity index (χ1) is 7.31. The molecule has 2 rings (SSSR count). The normalized spacial score (nSPS) is 23.2. The largest absolute Gasteiger partial charge is 0.379 e. The van der Waals surface area contributed by atoms with Gasteiger partial charge in [0.05, 0.1) is 18.8 Å². The van der Waals surface area contributed by atoms with Crippen molar-refractivity contribution in [3.63, 3.8) is 0 Å². The van der Waals surface area contributed by atoms with E-state index in [9.17, 15) is 0 Å². The number of hydrogen-bond donors (Lipinski definition) is 1. The third-order valence-corrected chi connectivity index (χ3v) is 2.98. The van der Waals surface area contributed by atoms with Crippen LogP contribution in [0.2, 0.25) is 0 Å². The minimum Gasteiger partial charge on any atom is -0.379 e. The molecule has 0 saturated carbocycles. The zero-order valence-electron chi connectivity index (χ0n) is 9.44. The molecular weight excluding hydrogens is 190 g/mol. The molecule has 1 aliphatic heterocycles. The smallest absolute Gasteiger partial charge is 0.0774 e. The highest BCUT2D eigenvalue weighted by molar-refractivity contribution is 5.11. The summed E-state index contributed by atoms with van der Waals surface area (Å²) in [5, 5.41) is 7.59. The summed E-state index contributed by atoms with van der Waals surface area (Å²) in [4.78, 5) is 0. The Morgan fingerprint density at radius 2 is 2.60 bits per heavy atom. The number of nitrogens with zero attached hydrogens (tertiary/aromatic N) is 2. The first-order valence-corrected chi connectivity index (χ1v) is 5.57. The minimum absolute atomic E-state index is 0.445. The summed E-state index contributed by atoms with van der Waals surface area (Å²) in [6, 6.07) is 0.445. The fourth-order valence-electron chi connectivity index (χ4n) is 1.96. The predicted molar refractivity (Wildman–Crippen MR) is 59.0 cm³/mol. The van der Waals surface area contributed by atoms with Crippen LogP contribution in [0, 0.1) is 0 Å². The van der Waals surface area contributed by atoms with Crippen molar-refractivity contribution in [2.75, 3.05) is 26.8 Å². The second-order valence-corrected chi connectivity index (χ2v) is 4.23. The number of hydrogen-bond acceptors (Lipinski definition) is 3. The van der Waals surface area contributed by atoms with Crippen LogP contribution < -0.4 is 5.32 Å². The second-order valence-electron chi connectivity index (χ2n) is 4.23. The number of aromatic nitrogens is 2. The summed E-state index contributed by atoms with van der Waals surface area (Å²) < 4.78 is 7.41.